The van der Waals surface area contributed by atoms with Crippen LogP contribution in [-0.2, 0) is 16.1 Å². The van der Waals surface area contributed by atoms with Gasteiger partial charge < -0.3 is 14.5 Å². The van der Waals surface area contributed by atoms with Crippen molar-refractivity contribution in [1.29, 1.82) is 0 Å². The molecule has 1 N–H and O–H groups in total. The fraction of sp³-hybridized carbons (Fsp3) is 0.294. The molecule has 5 heteroatoms. The minimum atomic E-state index is -0.872. The number of benzene rings is 1. The summed E-state index contributed by atoms with van der Waals surface area (Å²) in [5.41, 5.74) is 2.36. The van der Waals surface area contributed by atoms with E-state index in [-0.39, 0.29) is 12.5 Å². The second-order valence-electron chi connectivity index (χ2n) is 5.16. The molecule has 1 heterocycles. The van der Waals surface area contributed by atoms with Gasteiger partial charge in [-0.25, -0.2) is 4.79 Å². The summed E-state index contributed by atoms with van der Waals surface area (Å²) in [6, 6.07) is 8.95. The molecule has 0 unspecified atom stereocenters. The summed E-state index contributed by atoms with van der Waals surface area (Å²) in [7, 11) is 0. The molecule has 0 aliphatic carbocycles. The van der Waals surface area contributed by atoms with Crippen molar-refractivity contribution >= 4 is 11.9 Å². The molecule has 0 aliphatic heterocycles. The lowest BCUT2D eigenvalue weighted by Crippen LogP contribution is -2.35. The standard InChI is InChI=1S/C17H19NO4/c1-11-6-7-15(12(2)9-11)17(20)22-13(3)16(19)18-10-14-5-4-8-21-14/h4-9,13H,10H2,1-3H3,(H,18,19)/t13-/m1/s1. The van der Waals surface area contributed by atoms with E-state index in [4.69, 9.17) is 9.15 Å². The number of aryl methyl sites for hydroxylation is 2. The maximum atomic E-state index is 12.1. The number of ether oxygens (including phenoxy) is 1. The van der Waals surface area contributed by atoms with E-state index < -0.39 is 12.1 Å². The number of amides is 1. The number of hydrogen-bond donors (Lipinski definition) is 1. The molecule has 0 saturated heterocycles. The first-order valence-electron chi connectivity index (χ1n) is 7.05. The summed E-state index contributed by atoms with van der Waals surface area (Å²) < 4.78 is 10.3. The number of esters is 1. The van der Waals surface area contributed by atoms with E-state index in [2.05, 4.69) is 5.32 Å². The average Bonchev–Trinajstić information content (AvgIpc) is 2.97. The minimum absolute atomic E-state index is 0.261. The van der Waals surface area contributed by atoms with Crippen LogP contribution in [0.2, 0.25) is 0 Å². The molecular formula is C17H19NO4. The number of nitrogens with one attached hydrogen (secondary N) is 1. The van der Waals surface area contributed by atoms with Crippen molar-refractivity contribution < 1.29 is 18.7 Å². The van der Waals surface area contributed by atoms with Gasteiger partial charge in [0, 0.05) is 0 Å². The Bertz CT molecular complexity index is 661. The zero-order valence-corrected chi connectivity index (χ0v) is 12.9. The number of furan rings is 1. The van der Waals surface area contributed by atoms with Crippen LogP contribution >= 0.6 is 0 Å². The molecule has 0 radical (unpaired) electrons. The van der Waals surface area contributed by atoms with Gasteiger partial charge in [0.05, 0.1) is 18.4 Å². The van der Waals surface area contributed by atoms with E-state index in [0.29, 0.717) is 11.3 Å². The first-order valence-corrected chi connectivity index (χ1v) is 7.05. The van der Waals surface area contributed by atoms with Crippen LogP contribution in [-0.4, -0.2) is 18.0 Å². The van der Waals surface area contributed by atoms with E-state index in [0.717, 1.165) is 11.1 Å². The van der Waals surface area contributed by atoms with Crippen molar-refractivity contribution in [2.75, 3.05) is 0 Å². The zero-order chi connectivity index (χ0) is 16.1. The van der Waals surface area contributed by atoms with E-state index in [1.165, 1.54) is 6.26 Å². The molecular weight excluding hydrogens is 282 g/mol. The third kappa shape index (κ3) is 3.97. The van der Waals surface area contributed by atoms with Crippen LogP contribution in [0.5, 0.6) is 0 Å². The first kappa shape index (κ1) is 15.8. The van der Waals surface area contributed by atoms with Gasteiger partial charge in [0.1, 0.15) is 5.76 Å². The van der Waals surface area contributed by atoms with Gasteiger partial charge in [-0.1, -0.05) is 17.7 Å². The Kier molecular flexibility index (Phi) is 4.99. The molecule has 5 nitrogen and oxygen atoms in total. The molecule has 0 fully saturated rings. The molecule has 0 saturated carbocycles. The van der Waals surface area contributed by atoms with Crippen LogP contribution in [0.25, 0.3) is 0 Å². The molecule has 2 aromatic rings. The molecule has 1 aromatic carbocycles. The lowest BCUT2D eigenvalue weighted by Gasteiger charge is -2.14. The fourth-order valence-corrected chi connectivity index (χ4v) is 2.05. The fourth-order valence-electron chi connectivity index (χ4n) is 2.05. The summed E-state index contributed by atoms with van der Waals surface area (Å²) in [5, 5.41) is 2.66. The number of hydrogen-bond acceptors (Lipinski definition) is 4. The molecule has 1 atom stereocenters. The summed E-state index contributed by atoms with van der Waals surface area (Å²) >= 11 is 0. The predicted octanol–water partition coefficient (Wildman–Crippen LogP) is 2.76. The normalized spacial score (nSPS) is 11.8. The maximum Gasteiger partial charge on any atom is 0.339 e. The van der Waals surface area contributed by atoms with Crippen LogP contribution in [0.3, 0.4) is 0 Å². The van der Waals surface area contributed by atoms with Crippen molar-refractivity contribution in [2.45, 2.75) is 33.4 Å². The van der Waals surface area contributed by atoms with Gasteiger partial charge in [-0.3, -0.25) is 4.79 Å². The van der Waals surface area contributed by atoms with Crippen LogP contribution in [0.1, 0.15) is 34.2 Å². The Labute approximate surface area is 129 Å². The smallest absolute Gasteiger partial charge is 0.339 e. The van der Waals surface area contributed by atoms with Crippen molar-refractivity contribution in [2.24, 2.45) is 0 Å². The van der Waals surface area contributed by atoms with Gasteiger partial charge >= 0.3 is 5.97 Å². The number of carbonyl (C=O) groups is 2. The first-order chi connectivity index (χ1) is 10.5. The van der Waals surface area contributed by atoms with Gasteiger partial charge in [0.15, 0.2) is 6.10 Å². The Hall–Kier alpha value is -2.56. The maximum absolute atomic E-state index is 12.1. The Morgan fingerprint density at radius 3 is 2.68 bits per heavy atom. The van der Waals surface area contributed by atoms with Crippen LogP contribution in [0.4, 0.5) is 0 Å². The molecule has 1 amide bonds. The minimum Gasteiger partial charge on any atom is -0.467 e. The van der Waals surface area contributed by atoms with Gasteiger partial charge in [-0.2, -0.15) is 0 Å². The average molecular weight is 301 g/mol. The Morgan fingerprint density at radius 1 is 1.27 bits per heavy atom. The highest BCUT2D eigenvalue weighted by Crippen LogP contribution is 2.13. The largest absolute Gasteiger partial charge is 0.467 e. The molecule has 22 heavy (non-hydrogen) atoms. The monoisotopic (exact) mass is 301 g/mol. The summed E-state index contributed by atoms with van der Waals surface area (Å²) in [6.45, 7) is 5.59. The molecule has 0 bridgehead atoms. The second-order valence-corrected chi connectivity index (χ2v) is 5.16. The molecule has 0 aliphatic rings. The van der Waals surface area contributed by atoms with Gasteiger partial charge in [0.25, 0.3) is 5.91 Å². The van der Waals surface area contributed by atoms with Crippen LogP contribution < -0.4 is 5.32 Å². The van der Waals surface area contributed by atoms with Gasteiger partial charge in [-0.05, 0) is 44.5 Å². The lowest BCUT2D eigenvalue weighted by atomic mass is 10.1. The van der Waals surface area contributed by atoms with E-state index >= 15 is 0 Å². The van der Waals surface area contributed by atoms with Gasteiger partial charge in [0.2, 0.25) is 0 Å². The van der Waals surface area contributed by atoms with Crippen LogP contribution in [0, 0.1) is 13.8 Å². The third-order valence-corrected chi connectivity index (χ3v) is 3.27. The quantitative estimate of drug-likeness (QED) is 0.862. The van der Waals surface area contributed by atoms with E-state index in [9.17, 15) is 9.59 Å². The Balaban J connectivity index is 1.91. The van der Waals surface area contributed by atoms with E-state index in [1.54, 1.807) is 25.1 Å². The number of rotatable bonds is 5. The molecule has 2 rings (SSSR count). The number of carbonyl (C=O) groups excluding carboxylic acids is 2. The van der Waals surface area contributed by atoms with Crippen molar-refractivity contribution in [1.82, 2.24) is 5.32 Å². The highest BCUT2D eigenvalue weighted by Gasteiger charge is 2.20. The second kappa shape index (κ2) is 6.93. The SMILES string of the molecule is Cc1ccc(C(=O)O[C@H](C)C(=O)NCc2ccco2)c(C)c1. The summed E-state index contributed by atoms with van der Waals surface area (Å²) in [6.07, 6.45) is 0.661. The summed E-state index contributed by atoms with van der Waals surface area (Å²) in [5.74, 6) is -0.228. The highest BCUT2D eigenvalue weighted by atomic mass is 16.5. The summed E-state index contributed by atoms with van der Waals surface area (Å²) in [4.78, 5) is 24.0. The van der Waals surface area contributed by atoms with E-state index in [1.807, 2.05) is 26.0 Å². The zero-order valence-electron chi connectivity index (χ0n) is 12.9. The topological polar surface area (TPSA) is 68.5 Å². The van der Waals surface area contributed by atoms with Crippen LogP contribution in [0.15, 0.2) is 41.0 Å². The van der Waals surface area contributed by atoms with Crippen molar-refractivity contribution in [3.05, 3.63) is 59.0 Å². The molecule has 0 spiro atoms. The van der Waals surface area contributed by atoms with Crippen molar-refractivity contribution in [3.63, 3.8) is 0 Å². The molecule has 1 aromatic heterocycles. The van der Waals surface area contributed by atoms with Gasteiger partial charge in [-0.15, -0.1) is 0 Å². The third-order valence-electron chi connectivity index (χ3n) is 3.27. The van der Waals surface area contributed by atoms with Crippen molar-refractivity contribution in [3.8, 4) is 0 Å². The predicted molar refractivity (Wildman–Crippen MR) is 81.3 cm³/mol. The highest BCUT2D eigenvalue weighted by molar-refractivity contribution is 5.93. The lowest BCUT2D eigenvalue weighted by molar-refractivity contribution is -0.129. The molecule has 116 valence electrons. The Morgan fingerprint density at radius 2 is 2.05 bits per heavy atom.